The molecule has 1 heterocycles. The zero-order valence-corrected chi connectivity index (χ0v) is 19.5. The van der Waals surface area contributed by atoms with E-state index < -0.39 is 35.4 Å². The van der Waals surface area contributed by atoms with Crippen molar-refractivity contribution in [2.45, 2.75) is 72.1 Å². The summed E-state index contributed by atoms with van der Waals surface area (Å²) < 4.78 is 16.0. The van der Waals surface area contributed by atoms with E-state index in [4.69, 9.17) is 14.2 Å². The quantitative estimate of drug-likeness (QED) is 0.499. The second-order valence-corrected chi connectivity index (χ2v) is 9.30. The van der Waals surface area contributed by atoms with Gasteiger partial charge in [-0.25, -0.2) is 14.4 Å². The second-order valence-electron chi connectivity index (χ2n) is 9.30. The Morgan fingerprint density at radius 2 is 1.48 bits per heavy atom. The SMILES string of the molecule is COC(=O)[C@H]1CC=C(c2ccccc2C)N(C(=O)OC(C)(C)C)N1C(=O)OC(C)(C)C. The highest BCUT2D eigenvalue weighted by Crippen LogP contribution is 2.34. The summed E-state index contributed by atoms with van der Waals surface area (Å²) in [7, 11) is 1.23. The van der Waals surface area contributed by atoms with Gasteiger partial charge in [0.1, 0.15) is 11.2 Å². The highest BCUT2D eigenvalue weighted by Gasteiger charge is 2.45. The Morgan fingerprint density at radius 3 is 2.00 bits per heavy atom. The minimum Gasteiger partial charge on any atom is -0.467 e. The molecule has 0 spiro atoms. The summed E-state index contributed by atoms with van der Waals surface area (Å²) in [6.45, 7) is 12.2. The molecular weight excluding hydrogens is 400 g/mol. The first kappa shape index (κ1) is 24.2. The first-order chi connectivity index (χ1) is 14.2. The number of ether oxygens (including phenoxy) is 3. The fraction of sp³-hybridized carbons (Fsp3) is 0.522. The number of nitrogens with zero attached hydrogens (tertiary/aromatic N) is 2. The Morgan fingerprint density at radius 1 is 0.935 bits per heavy atom. The fourth-order valence-electron chi connectivity index (χ4n) is 3.09. The van der Waals surface area contributed by atoms with Crippen molar-refractivity contribution in [3.8, 4) is 0 Å². The number of methoxy groups -OCH3 is 1. The maximum atomic E-state index is 13.3. The minimum absolute atomic E-state index is 0.148. The predicted octanol–water partition coefficient (Wildman–Crippen LogP) is 4.67. The molecule has 0 aliphatic carbocycles. The van der Waals surface area contributed by atoms with E-state index in [0.717, 1.165) is 21.1 Å². The lowest BCUT2D eigenvalue weighted by atomic mass is 10.0. The van der Waals surface area contributed by atoms with Gasteiger partial charge in [-0.15, -0.1) is 0 Å². The number of rotatable bonds is 2. The van der Waals surface area contributed by atoms with Gasteiger partial charge >= 0.3 is 18.2 Å². The van der Waals surface area contributed by atoms with E-state index in [1.807, 2.05) is 31.2 Å². The van der Waals surface area contributed by atoms with E-state index in [2.05, 4.69) is 0 Å². The Bertz CT molecular complexity index is 879. The van der Waals surface area contributed by atoms with Crippen LogP contribution in [0.4, 0.5) is 9.59 Å². The summed E-state index contributed by atoms with van der Waals surface area (Å²) in [4.78, 5) is 39.0. The standard InChI is InChI=1S/C23H32N2O6/c1-15-11-9-10-12-16(15)17-13-14-18(19(26)29-8)25(21(28)31-23(5,6)7)24(17)20(27)30-22(2,3)4/h9-13,18H,14H2,1-8H3/t18-/m1/s1. The second kappa shape index (κ2) is 8.99. The third-order valence-electron chi connectivity index (χ3n) is 4.31. The lowest BCUT2D eigenvalue weighted by Gasteiger charge is -2.43. The number of hydrogen-bond acceptors (Lipinski definition) is 6. The van der Waals surface area contributed by atoms with Gasteiger partial charge in [0.25, 0.3) is 0 Å². The topological polar surface area (TPSA) is 85.4 Å². The molecule has 1 aromatic carbocycles. The van der Waals surface area contributed by atoms with Crippen LogP contribution in [0, 0.1) is 6.92 Å². The van der Waals surface area contributed by atoms with Crippen LogP contribution in [0.5, 0.6) is 0 Å². The smallest absolute Gasteiger partial charge is 0.434 e. The molecule has 31 heavy (non-hydrogen) atoms. The number of hydrazine groups is 1. The van der Waals surface area contributed by atoms with E-state index in [1.54, 1.807) is 47.6 Å². The molecule has 2 amide bonds. The molecule has 1 aliphatic rings. The van der Waals surface area contributed by atoms with Crippen molar-refractivity contribution in [3.63, 3.8) is 0 Å². The molecule has 8 heteroatoms. The van der Waals surface area contributed by atoms with Gasteiger partial charge < -0.3 is 14.2 Å². The maximum absolute atomic E-state index is 13.3. The van der Waals surface area contributed by atoms with Gasteiger partial charge in [-0.1, -0.05) is 30.3 Å². The molecule has 0 radical (unpaired) electrons. The third kappa shape index (κ3) is 5.99. The van der Waals surface area contributed by atoms with Crippen LogP contribution in [0.3, 0.4) is 0 Å². The monoisotopic (exact) mass is 432 g/mol. The summed E-state index contributed by atoms with van der Waals surface area (Å²) >= 11 is 0. The fourth-order valence-corrected chi connectivity index (χ4v) is 3.09. The Hall–Kier alpha value is -3.03. The molecule has 0 fully saturated rings. The zero-order valence-electron chi connectivity index (χ0n) is 19.5. The first-order valence-corrected chi connectivity index (χ1v) is 10.1. The summed E-state index contributed by atoms with van der Waals surface area (Å²) in [6.07, 6.45) is 0.221. The lowest BCUT2D eigenvalue weighted by Crippen LogP contribution is -2.59. The van der Waals surface area contributed by atoms with Crippen molar-refractivity contribution in [2.24, 2.45) is 0 Å². The van der Waals surface area contributed by atoms with Crippen LogP contribution in [-0.4, -0.2) is 52.5 Å². The third-order valence-corrected chi connectivity index (χ3v) is 4.31. The van der Waals surface area contributed by atoms with Crippen molar-refractivity contribution in [2.75, 3.05) is 7.11 Å². The molecule has 0 saturated heterocycles. The van der Waals surface area contributed by atoms with Gasteiger partial charge in [-0.05, 0) is 54.0 Å². The molecular formula is C23H32N2O6. The number of amides is 2. The molecule has 2 rings (SSSR count). The van der Waals surface area contributed by atoms with E-state index in [-0.39, 0.29) is 6.42 Å². The van der Waals surface area contributed by atoms with Gasteiger partial charge in [0, 0.05) is 12.0 Å². The van der Waals surface area contributed by atoms with Crippen LogP contribution < -0.4 is 0 Å². The molecule has 1 atom stereocenters. The van der Waals surface area contributed by atoms with Gasteiger partial charge in [0.15, 0.2) is 6.04 Å². The minimum atomic E-state index is -1.08. The Labute approximate surface area is 183 Å². The lowest BCUT2D eigenvalue weighted by molar-refractivity contribution is -0.152. The van der Waals surface area contributed by atoms with Crippen molar-refractivity contribution in [1.82, 2.24) is 10.0 Å². The van der Waals surface area contributed by atoms with E-state index >= 15 is 0 Å². The Kier molecular flexibility index (Phi) is 7.03. The van der Waals surface area contributed by atoms with Crippen molar-refractivity contribution >= 4 is 23.9 Å². The highest BCUT2D eigenvalue weighted by atomic mass is 16.6. The van der Waals surface area contributed by atoms with E-state index in [0.29, 0.717) is 5.70 Å². The Balaban J connectivity index is 2.66. The molecule has 0 unspecified atom stereocenters. The van der Waals surface area contributed by atoms with Crippen LogP contribution in [0.15, 0.2) is 30.3 Å². The highest BCUT2D eigenvalue weighted by molar-refractivity contribution is 5.90. The average molecular weight is 433 g/mol. The molecule has 1 aliphatic heterocycles. The van der Waals surface area contributed by atoms with Crippen molar-refractivity contribution < 1.29 is 28.6 Å². The largest absolute Gasteiger partial charge is 0.467 e. The van der Waals surface area contributed by atoms with Gasteiger partial charge in [0.05, 0.1) is 12.8 Å². The van der Waals surface area contributed by atoms with Crippen molar-refractivity contribution in [1.29, 1.82) is 0 Å². The van der Waals surface area contributed by atoms with Crippen molar-refractivity contribution in [3.05, 3.63) is 41.5 Å². The molecule has 0 N–H and O–H groups in total. The summed E-state index contributed by atoms with van der Waals surface area (Å²) in [6, 6.07) is 6.36. The van der Waals surface area contributed by atoms with E-state index in [9.17, 15) is 14.4 Å². The molecule has 170 valence electrons. The molecule has 0 bridgehead atoms. The average Bonchev–Trinajstić information content (AvgIpc) is 2.64. The van der Waals surface area contributed by atoms with Gasteiger partial charge in [0.2, 0.25) is 0 Å². The van der Waals surface area contributed by atoms with Gasteiger partial charge in [-0.2, -0.15) is 10.0 Å². The predicted molar refractivity (Wildman–Crippen MR) is 116 cm³/mol. The maximum Gasteiger partial charge on any atom is 0.434 e. The van der Waals surface area contributed by atoms with Crippen LogP contribution in [-0.2, 0) is 19.0 Å². The normalized spacial score (nSPS) is 17.0. The van der Waals surface area contributed by atoms with Crippen LogP contribution >= 0.6 is 0 Å². The van der Waals surface area contributed by atoms with Crippen LogP contribution in [0.2, 0.25) is 0 Å². The number of aryl methyl sites for hydroxylation is 1. The molecule has 0 saturated carbocycles. The number of esters is 1. The zero-order chi connectivity index (χ0) is 23.6. The van der Waals surface area contributed by atoms with Gasteiger partial charge in [-0.3, -0.25) is 0 Å². The first-order valence-electron chi connectivity index (χ1n) is 10.1. The summed E-state index contributed by atoms with van der Waals surface area (Å²) in [5.74, 6) is -0.667. The van der Waals surface area contributed by atoms with Crippen LogP contribution in [0.1, 0.15) is 59.1 Å². The number of carbonyl (C=O) groups is 3. The number of carbonyl (C=O) groups excluding carboxylic acids is 3. The summed E-state index contributed by atoms with van der Waals surface area (Å²) in [5.41, 5.74) is 0.374. The molecule has 0 aromatic heterocycles. The number of benzene rings is 1. The summed E-state index contributed by atoms with van der Waals surface area (Å²) in [5, 5.41) is 2.07. The van der Waals surface area contributed by atoms with E-state index in [1.165, 1.54) is 7.11 Å². The number of hydrogen-bond donors (Lipinski definition) is 0. The molecule has 8 nitrogen and oxygen atoms in total. The van der Waals surface area contributed by atoms with Crippen LogP contribution in [0.25, 0.3) is 5.70 Å². The molecule has 1 aromatic rings.